The third-order valence-corrected chi connectivity index (χ3v) is 4.14. The van der Waals surface area contributed by atoms with E-state index in [0.29, 0.717) is 6.54 Å². The summed E-state index contributed by atoms with van der Waals surface area (Å²) in [4.78, 5) is 2.58. The summed E-state index contributed by atoms with van der Waals surface area (Å²) < 4.78 is 0. The number of hydrogen-bond acceptors (Lipinski definition) is 2. The van der Waals surface area contributed by atoms with Gasteiger partial charge in [-0.15, -0.1) is 11.3 Å². The molecule has 3 heteroatoms. The Morgan fingerprint density at radius 3 is 2.69 bits per heavy atom. The van der Waals surface area contributed by atoms with Crippen LogP contribution in [0.2, 0.25) is 5.02 Å². The number of halogens is 1. The van der Waals surface area contributed by atoms with Gasteiger partial charge in [-0.3, -0.25) is 0 Å². The molecule has 0 aliphatic rings. The van der Waals surface area contributed by atoms with Crippen molar-refractivity contribution in [1.82, 2.24) is 0 Å². The normalized spacial score (nSPS) is 10.7. The molecular formula is C13H14ClNS. The fourth-order valence-corrected chi connectivity index (χ4v) is 3.11. The Bertz CT molecular complexity index is 490. The van der Waals surface area contributed by atoms with Gasteiger partial charge in [-0.1, -0.05) is 30.7 Å². The first kappa shape index (κ1) is 11.6. The van der Waals surface area contributed by atoms with E-state index < -0.39 is 0 Å². The van der Waals surface area contributed by atoms with E-state index in [1.807, 2.05) is 18.2 Å². The third-order valence-electron chi connectivity index (χ3n) is 2.58. The van der Waals surface area contributed by atoms with Crippen LogP contribution in [-0.4, -0.2) is 0 Å². The van der Waals surface area contributed by atoms with Crippen molar-refractivity contribution in [2.45, 2.75) is 19.9 Å². The van der Waals surface area contributed by atoms with E-state index in [0.717, 1.165) is 22.6 Å². The first-order valence-corrected chi connectivity index (χ1v) is 6.52. The van der Waals surface area contributed by atoms with E-state index in [2.05, 4.69) is 19.1 Å². The molecule has 0 fully saturated rings. The molecule has 0 radical (unpaired) electrons. The van der Waals surface area contributed by atoms with Crippen LogP contribution < -0.4 is 5.73 Å². The molecule has 0 amide bonds. The molecule has 0 unspecified atom stereocenters. The van der Waals surface area contributed by atoms with Crippen LogP contribution in [-0.2, 0) is 13.0 Å². The molecule has 0 spiro atoms. The minimum absolute atomic E-state index is 0.523. The monoisotopic (exact) mass is 251 g/mol. The molecule has 16 heavy (non-hydrogen) atoms. The van der Waals surface area contributed by atoms with Crippen molar-refractivity contribution in [3.8, 4) is 10.4 Å². The topological polar surface area (TPSA) is 26.0 Å². The van der Waals surface area contributed by atoms with Crippen LogP contribution >= 0.6 is 22.9 Å². The van der Waals surface area contributed by atoms with Gasteiger partial charge in [0.2, 0.25) is 0 Å². The highest BCUT2D eigenvalue weighted by Crippen LogP contribution is 2.36. The molecule has 0 bridgehead atoms. The lowest BCUT2D eigenvalue weighted by Gasteiger charge is -2.07. The van der Waals surface area contributed by atoms with Gasteiger partial charge < -0.3 is 5.73 Å². The van der Waals surface area contributed by atoms with Gasteiger partial charge in [0.05, 0.1) is 0 Å². The molecule has 1 aromatic carbocycles. The lowest BCUT2D eigenvalue weighted by molar-refractivity contribution is 1.08. The van der Waals surface area contributed by atoms with Crippen molar-refractivity contribution < 1.29 is 0 Å². The molecule has 84 valence electrons. The van der Waals surface area contributed by atoms with E-state index in [-0.39, 0.29) is 0 Å². The average molecular weight is 252 g/mol. The van der Waals surface area contributed by atoms with Gasteiger partial charge in [-0.05, 0) is 30.2 Å². The van der Waals surface area contributed by atoms with Crippen molar-refractivity contribution >= 4 is 22.9 Å². The van der Waals surface area contributed by atoms with E-state index in [1.165, 1.54) is 9.75 Å². The molecule has 0 saturated heterocycles. The van der Waals surface area contributed by atoms with E-state index in [4.69, 9.17) is 17.3 Å². The van der Waals surface area contributed by atoms with Crippen molar-refractivity contribution in [3.63, 3.8) is 0 Å². The maximum atomic E-state index is 6.25. The minimum Gasteiger partial charge on any atom is -0.326 e. The van der Waals surface area contributed by atoms with Crippen LogP contribution in [0, 0.1) is 0 Å². The van der Waals surface area contributed by atoms with Gasteiger partial charge in [0.25, 0.3) is 0 Å². The summed E-state index contributed by atoms with van der Waals surface area (Å²) in [6, 6.07) is 10.2. The standard InChI is InChI=1S/C13H14ClNS/c1-2-10-6-7-12(16-10)13-9(8-15)4-3-5-11(13)14/h3-7H,2,8,15H2,1H3. The summed E-state index contributed by atoms with van der Waals surface area (Å²) in [5, 5.41) is 0.785. The Labute approximate surface area is 105 Å². The second-order valence-corrected chi connectivity index (χ2v) is 5.17. The quantitative estimate of drug-likeness (QED) is 0.874. The van der Waals surface area contributed by atoms with Crippen LogP contribution in [0.1, 0.15) is 17.4 Å². The van der Waals surface area contributed by atoms with Crippen molar-refractivity contribution in [1.29, 1.82) is 0 Å². The Balaban J connectivity index is 2.53. The van der Waals surface area contributed by atoms with Crippen LogP contribution in [0.15, 0.2) is 30.3 Å². The molecule has 0 saturated carbocycles. The second kappa shape index (κ2) is 5.00. The summed E-state index contributed by atoms with van der Waals surface area (Å²) in [6.45, 7) is 2.68. The largest absolute Gasteiger partial charge is 0.326 e. The van der Waals surface area contributed by atoms with Gasteiger partial charge in [0, 0.05) is 26.9 Å². The Morgan fingerprint density at radius 2 is 2.06 bits per heavy atom. The average Bonchev–Trinajstić information content (AvgIpc) is 2.76. The highest BCUT2D eigenvalue weighted by Gasteiger charge is 2.10. The molecule has 1 nitrogen and oxygen atoms in total. The fourth-order valence-electron chi connectivity index (χ4n) is 1.72. The zero-order chi connectivity index (χ0) is 11.5. The summed E-state index contributed by atoms with van der Waals surface area (Å²) in [7, 11) is 0. The van der Waals surface area contributed by atoms with Gasteiger partial charge in [0.15, 0.2) is 0 Å². The highest BCUT2D eigenvalue weighted by molar-refractivity contribution is 7.15. The molecule has 0 aliphatic carbocycles. The molecule has 0 aliphatic heterocycles. The van der Waals surface area contributed by atoms with Crippen LogP contribution in [0.4, 0.5) is 0 Å². The van der Waals surface area contributed by atoms with Crippen molar-refractivity contribution in [2.24, 2.45) is 5.73 Å². The molecule has 2 rings (SSSR count). The number of aryl methyl sites for hydroxylation is 1. The van der Waals surface area contributed by atoms with Crippen LogP contribution in [0.25, 0.3) is 10.4 Å². The Morgan fingerprint density at radius 1 is 1.25 bits per heavy atom. The molecule has 1 aromatic heterocycles. The minimum atomic E-state index is 0.523. The summed E-state index contributed by atoms with van der Waals surface area (Å²) in [6.07, 6.45) is 1.06. The highest BCUT2D eigenvalue weighted by atomic mass is 35.5. The maximum Gasteiger partial charge on any atom is 0.0495 e. The lowest BCUT2D eigenvalue weighted by Crippen LogP contribution is -1.98. The van der Waals surface area contributed by atoms with Gasteiger partial charge in [0.1, 0.15) is 0 Å². The maximum absolute atomic E-state index is 6.25. The summed E-state index contributed by atoms with van der Waals surface area (Å²) in [5.41, 5.74) is 7.94. The zero-order valence-electron chi connectivity index (χ0n) is 9.16. The Hall–Kier alpha value is -0.830. The van der Waals surface area contributed by atoms with Crippen LogP contribution in [0.3, 0.4) is 0 Å². The summed E-state index contributed by atoms with van der Waals surface area (Å²) in [5.74, 6) is 0. The SMILES string of the molecule is CCc1ccc(-c2c(Cl)cccc2CN)s1. The zero-order valence-corrected chi connectivity index (χ0v) is 10.7. The molecule has 1 heterocycles. The molecular weight excluding hydrogens is 238 g/mol. The fraction of sp³-hybridized carbons (Fsp3) is 0.231. The second-order valence-electron chi connectivity index (χ2n) is 3.60. The number of benzene rings is 1. The van der Waals surface area contributed by atoms with Crippen molar-refractivity contribution in [2.75, 3.05) is 0 Å². The van der Waals surface area contributed by atoms with E-state index in [1.54, 1.807) is 11.3 Å². The number of hydrogen-bond donors (Lipinski definition) is 1. The molecule has 2 N–H and O–H groups in total. The smallest absolute Gasteiger partial charge is 0.0495 e. The van der Waals surface area contributed by atoms with E-state index >= 15 is 0 Å². The van der Waals surface area contributed by atoms with E-state index in [9.17, 15) is 0 Å². The molecule has 0 atom stereocenters. The van der Waals surface area contributed by atoms with Gasteiger partial charge in [-0.2, -0.15) is 0 Å². The molecule has 2 aromatic rings. The van der Waals surface area contributed by atoms with Gasteiger partial charge >= 0.3 is 0 Å². The lowest BCUT2D eigenvalue weighted by atomic mass is 10.1. The number of thiophene rings is 1. The Kier molecular flexibility index (Phi) is 3.64. The number of rotatable bonds is 3. The third kappa shape index (κ3) is 2.14. The predicted octanol–water partition coefficient (Wildman–Crippen LogP) is 4.09. The number of nitrogens with two attached hydrogens (primary N) is 1. The van der Waals surface area contributed by atoms with Crippen LogP contribution in [0.5, 0.6) is 0 Å². The van der Waals surface area contributed by atoms with Crippen molar-refractivity contribution in [3.05, 3.63) is 45.8 Å². The van der Waals surface area contributed by atoms with Gasteiger partial charge in [-0.25, -0.2) is 0 Å². The predicted molar refractivity (Wildman–Crippen MR) is 72.0 cm³/mol. The first-order valence-electron chi connectivity index (χ1n) is 5.32. The first-order chi connectivity index (χ1) is 7.76. The summed E-state index contributed by atoms with van der Waals surface area (Å²) >= 11 is 8.04.